The molecule has 1 aromatic heterocycles. The Bertz CT molecular complexity index is 737. The minimum atomic E-state index is -0.965. The summed E-state index contributed by atoms with van der Waals surface area (Å²) in [6.45, 7) is 9.56. The number of aromatic nitrogens is 1. The van der Waals surface area contributed by atoms with E-state index >= 15 is 0 Å². The van der Waals surface area contributed by atoms with Crippen LogP contribution in [0, 0.1) is 0 Å². The third kappa shape index (κ3) is 3.97. The molecule has 0 aliphatic rings. The fourth-order valence-electron chi connectivity index (χ4n) is 2.45. The van der Waals surface area contributed by atoms with Crippen molar-refractivity contribution in [3.8, 4) is 17.0 Å². The Morgan fingerprint density at radius 2 is 1.92 bits per heavy atom. The maximum Gasteiger partial charge on any atom is 0.260 e. The first-order valence-corrected chi connectivity index (χ1v) is 7.86. The summed E-state index contributed by atoms with van der Waals surface area (Å²) in [4.78, 5) is 14.6. The Labute approximate surface area is 147 Å². The normalized spacial score (nSPS) is 11.6. The number of nitrogens with zero attached hydrogens (tertiary/aromatic N) is 2. The minimum absolute atomic E-state index is 0.133. The van der Waals surface area contributed by atoms with Crippen LogP contribution < -0.4 is 4.74 Å². The average Bonchev–Trinajstić information content (AvgIpc) is 3.06. The van der Waals surface area contributed by atoms with Gasteiger partial charge in [0, 0.05) is 18.7 Å². The Hall–Kier alpha value is -2.86. The van der Waals surface area contributed by atoms with Crippen molar-refractivity contribution in [3.05, 3.63) is 60.9 Å². The molecule has 1 aromatic carbocycles. The molecule has 1 atom stereocenters. The summed E-state index contributed by atoms with van der Waals surface area (Å²) < 4.78 is 10.4. The molecule has 2 aromatic rings. The van der Waals surface area contributed by atoms with Crippen molar-refractivity contribution >= 4 is 5.91 Å². The molecule has 6 heteroatoms. The molecule has 0 radical (unpaired) electrons. The number of hydrogen-bond donors (Lipinski definition) is 1. The summed E-state index contributed by atoms with van der Waals surface area (Å²) in [5.41, 5.74) is 1.31. The molecule has 0 saturated carbocycles. The number of rotatable bonds is 8. The second-order valence-electron chi connectivity index (χ2n) is 5.46. The molecular formula is C19H22N2O4. The highest BCUT2D eigenvalue weighted by molar-refractivity contribution is 6.01. The van der Waals surface area contributed by atoms with Gasteiger partial charge in [0.25, 0.3) is 5.91 Å². The van der Waals surface area contributed by atoms with Gasteiger partial charge in [-0.3, -0.25) is 4.79 Å². The van der Waals surface area contributed by atoms with E-state index in [0.717, 1.165) is 0 Å². The van der Waals surface area contributed by atoms with E-state index in [1.165, 1.54) is 6.92 Å². The maximum atomic E-state index is 13.0. The highest BCUT2D eigenvalue weighted by Gasteiger charge is 2.29. The molecular weight excluding hydrogens is 320 g/mol. The quantitative estimate of drug-likeness (QED) is 0.746. The van der Waals surface area contributed by atoms with Crippen LogP contribution >= 0.6 is 0 Å². The number of carbonyl (C=O) groups excluding carboxylic acids is 1. The number of aliphatic hydroxyl groups excluding tert-OH is 1. The first-order valence-electron chi connectivity index (χ1n) is 7.86. The van der Waals surface area contributed by atoms with Crippen molar-refractivity contribution in [2.75, 3.05) is 20.2 Å². The highest BCUT2D eigenvalue weighted by Crippen LogP contribution is 2.31. The Kier molecular flexibility index (Phi) is 6.14. The first-order chi connectivity index (χ1) is 12.0. The first kappa shape index (κ1) is 18.5. The maximum absolute atomic E-state index is 13.0. The monoisotopic (exact) mass is 342 g/mol. The lowest BCUT2D eigenvalue weighted by atomic mass is 10.0. The Morgan fingerprint density at radius 1 is 1.32 bits per heavy atom. The van der Waals surface area contributed by atoms with Crippen LogP contribution in [-0.2, 0) is 0 Å². The van der Waals surface area contributed by atoms with Crippen LogP contribution in [0.1, 0.15) is 29.1 Å². The smallest absolute Gasteiger partial charge is 0.260 e. The molecule has 0 aliphatic heterocycles. The van der Waals surface area contributed by atoms with Gasteiger partial charge < -0.3 is 19.3 Å². The number of hydrogen-bond acceptors (Lipinski definition) is 5. The van der Waals surface area contributed by atoms with Crippen LogP contribution in [0.15, 0.2) is 54.1 Å². The Balaban J connectivity index is 2.53. The summed E-state index contributed by atoms with van der Waals surface area (Å²) in [6.07, 6.45) is 2.29. The van der Waals surface area contributed by atoms with E-state index in [1.807, 2.05) is 0 Å². The number of ether oxygens (including phenoxy) is 1. The summed E-state index contributed by atoms with van der Waals surface area (Å²) in [5.74, 6) is 0.521. The molecule has 2 rings (SSSR count). The Morgan fingerprint density at radius 3 is 2.40 bits per heavy atom. The molecule has 1 amide bonds. The molecule has 25 heavy (non-hydrogen) atoms. The summed E-state index contributed by atoms with van der Waals surface area (Å²) >= 11 is 0. The summed E-state index contributed by atoms with van der Waals surface area (Å²) in [6, 6.07) is 7.10. The molecule has 0 aliphatic carbocycles. The SMILES string of the molecule is C=CCN(CC=C)C(=O)c1c(-c2ccc(OC)cc2)noc1C(C)O. The highest BCUT2D eigenvalue weighted by atomic mass is 16.5. The molecule has 0 spiro atoms. The second-order valence-corrected chi connectivity index (χ2v) is 5.46. The van der Waals surface area contributed by atoms with Crippen molar-refractivity contribution in [1.29, 1.82) is 0 Å². The van der Waals surface area contributed by atoms with Crippen molar-refractivity contribution < 1.29 is 19.2 Å². The van der Waals surface area contributed by atoms with Gasteiger partial charge in [0.2, 0.25) is 0 Å². The molecule has 132 valence electrons. The molecule has 0 bridgehead atoms. The van der Waals surface area contributed by atoms with Gasteiger partial charge in [-0.05, 0) is 31.2 Å². The van der Waals surface area contributed by atoms with Crippen molar-refractivity contribution in [2.45, 2.75) is 13.0 Å². The van der Waals surface area contributed by atoms with Gasteiger partial charge in [-0.15, -0.1) is 13.2 Å². The summed E-state index contributed by atoms with van der Waals surface area (Å²) in [7, 11) is 1.58. The predicted octanol–water partition coefficient (Wildman–Crippen LogP) is 3.22. The van der Waals surface area contributed by atoms with Crippen LogP contribution in [0.25, 0.3) is 11.3 Å². The molecule has 1 unspecified atom stereocenters. The standard InChI is InChI=1S/C19H22N2O4/c1-5-11-21(12-6-2)19(23)16-17(20-25-18(16)13(3)22)14-7-9-15(24-4)10-8-14/h5-10,13,22H,1-2,11-12H2,3-4H3. The van der Waals surface area contributed by atoms with Crippen LogP contribution in [0.4, 0.5) is 0 Å². The largest absolute Gasteiger partial charge is 0.497 e. The zero-order valence-corrected chi connectivity index (χ0v) is 14.4. The lowest BCUT2D eigenvalue weighted by Gasteiger charge is -2.20. The molecule has 1 N–H and O–H groups in total. The van der Waals surface area contributed by atoms with Crippen LogP contribution in [-0.4, -0.2) is 41.3 Å². The van der Waals surface area contributed by atoms with Gasteiger partial charge in [-0.25, -0.2) is 0 Å². The fourth-order valence-corrected chi connectivity index (χ4v) is 2.45. The van der Waals surface area contributed by atoms with Gasteiger partial charge in [-0.2, -0.15) is 0 Å². The van der Waals surface area contributed by atoms with Crippen molar-refractivity contribution in [1.82, 2.24) is 10.1 Å². The van der Waals surface area contributed by atoms with Crippen LogP contribution in [0.2, 0.25) is 0 Å². The number of aliphatic hydroxyl groups is 1. The minimum Gasteiger partial charge on any atom is -0.497 e. The van der Waals surface area contributed by atoms with Gasteiger partial charge in [0.15, 0.2) is 5.76 Å². The number of amides is 1. The third-order valence-corrected chi connectivity index (χ3v) is 3.66. The molecule has 0 fully saturated rings. The second kappa shape index (κ2) is 8.30. The lowest BCUT2D eigenvalue weighted by Crippen LogP contribution is -2.32. The average molecular weight is 342 g/mol. The van der Waals surface area contributed by atoms with E-state index in [2.05, 4.69) is 18.3 Å². The summed E-state index contributed by atoms with van der Waals surface area (Å²) in [5, 5.41) is 14.0. The zero-order chi connectivity index (χ0) is 18.4. The predicted molar refractivity (Wildman–Crippen MR) is 95.4 cm³/mol. The fraction of sp³-hybridized carbons (Fsp3) is 0.263. The van der Waals surface area contributed by atoms with Crippen LogP contribution in [0.5, 0.6) is 5.75 Å². The van der Waals surface area contributed by atoms with E-state index in [-0.39, 0.29) is 17.2 Å². The molecule has 6 nitrogen and oxygen atoms in total. The van der Waals surface area contributed by atoms with Gasteiger partial charge >= 0.3 is 0 Å². The van der Waals surface area contributed by atoms with E-state index in [4.69, 9.17) is 9.26 Å². The zero-order valence-electron chi connectivity index (χ0n) is 14.4. The lowest BCUT2D eigenvalue weighted by molar-refractivity contribution is 0.0779. The van der Waals surface area contributed by atoms with Gasteiger partial charge in [-0.1, -0.05) is 17.3 Å². The number of methoxy groups -OCH3 is 1. The van der Waals surface area contributed by atoms with E-state index in [9.17, 15) is 9.90 Å². The van der Waals surface area contributed by atoms with E-state index in [0.29, 0.717) is 30.1 Å². The number of carbonyl (C=O) groups is 1. The van der Waals surface area contributed by atoms with E-state index in [1.54, 1.807) is 48.4 Å². The van der Waals surface area contributed by atoms with Gasteiger partial charge in [0.1, 0.15) is 23.1 Å². The van der Waals surface area contributed by atoms with Crippen LogP contribution in [0.3, 0.4) is 0 Å². The topological polar surface area (TPSA) is 75.8 Å². The van der Waals surface area contributed by atoms with Crippen molar-refractivity contribution in [3.63, 3.8) is 0 Å². The molecule has 1 heterocycles. The van der Waals surface area contributed by atoms with Gasteiger partial charge in [0.05, 0.1) is 7.11 Å². The van der Waals surface area contributed by atoms with E-state index < -0.39 is 6.10 Å². The third-order valence-electron chi connectivity index (χ3n) is 3.66. The molecule has 0 saturated heterocycles. The van der Waals surface area contributed by atoms with Crippen molar-refractivity contribution in [2.24, 2.45) is 0 Å². The number of benzene rings is 1.